The summed E-state index contributed by atoms with van der Waals surface area (Å²) in [4.78, 5) is 29.8. The van der Waals surface area contributed by atoms with E-state index in [1.54, 1.807) is 55.8 Å². The fourth-order valence-corrected chi connectivity index (χ4v) is 6.98. The van der Waals surface area contributed by atoms with Crippen LogP contribution in [-0.2, 0) is 19.4 Å². The van der Waals surface area contributed by atoms with Crippen LogP contribution in [-0.4, -0.2) is 44.6 Å². The second kappa shape index (κ2) is 12.0. The second-order valence-corrected chi connectivity index (χ2v) is 11.4. The first-order valence-corrected chi connectivity index (χ1v) is 13.6. The Morgan fingerprint density at radius 1 is 1.15 bits per heavy atom. The number of nitrogens with one attached hydrogen (secondary N) is 2. The summed E-state index contributed by atoms with van der Waals surface area (Å²) in [6.07, 6.45) is 6.30. The quantitative estimate of drug-likeness (QED) is 0.400. The molecule has 0 radical (unpaired) electrons. The first-order valence-electron chi connectivity index (χ1n) is 11.1. The third kappa shape index (κ3) is 6.58. The van der Waals surface area contributed by atoms with Crippen molar-refractivity contribution in [3.63, 3.8) is 0 Å². The van der Waals surface area contributed by atoms with E-state index >= 15 is 0 Å². The Morgan fingerprint density at radius 2 is 1.82 bits per heavy atom. The van der Waals surface area contributed by atoms with Gasteiger partial charge in [-0.25, -0.2) is 8.42 Å². The summed E-state index contributed by atoms with van der Waals surface area (Å²) >= 11 is 1.33. The molecule has 34 heavy (non-hydrogen) atoms. The van der Waals surface area contributed by atoms with Crippen LogP contribution in [0.1, 0.15) is 36.5 Å². The van der Waals surface area contributed by atoms with Crippen molar-refractivity contribution in [1.82, 2.24) is 15.6 Å². The minimum absolute atomic E-state index is 0.0789. The molecule has 1 aromatic carbocycles. The molecule has 2 N–H and O–H groups in total. The van der Waals surface area contributed by atoms with Crippen molar-refractivity contribution in [2.45, 2.75) is 40.7 Å². The number of thioether (sulfide) groups is 1. The third-order valence-electron chi connectivity index (χ3n) is 5.95. The van der Waals surface area contributed by atoms with E-state index in [0.717, 1.165) is 23.3 Å². The number of amides is 2. The van der Waals surface area contributed by atoms with E-state index in [1.807, 2.05) is 6.07 Å². The number of hydrogen-bond acceptors (Lipinski definition) is 7. The first kappa shape index (κ1) is 25.7. The van der Waals surface area contributed by atoms with Gasteiger partial charge in [0.15, 0.2) is 9.84 Å². The predicted molar refractivity (Wildman–Crippen MR) is 129 cm³/mol. The van der Waals surface area contributed by atoms with Gasteiger partial charge in [-0.15, -0.1) is 11.8 Å². The van der Waals surface area contributed by atoms with Crippen LogP contribution < -0.4 is 10.6 Å². The lowest BCUT2D eigenvalue weighted by Crippen LogP contribution is -2.39. The number of pyridine rings is 1. The molecule has 8 nitrogen and oxygen atoms in total. The summed E-state index contributed by atoms with van der Waals surface area (Å²) in [5.74, 6) is -1.20. The Kier molecular flexibility index (Phi) is 9.07. The van der Waals surface area contributed by atoms with Crippen molar-refractivity contribution >= 4 is 33.4 Å². The van der Waals surface area contributed by atoms with Gasteiger partial charge in [0.2, 0.25) is 11.8 Å². The summed E-state index contributed by atoms with van der Waals surface area (Å²) < 4.78 is 26.3. The molecule has 1 aliphatic rings. The molecule has 0 bridgehead atoms. The highest BCUT2D eigenvalue weighted by molar-refractivity contribution is 8.00. The standard InChI is InChI=1S/C24H28N4O4S2/c1-26-24(30)22(17-10-13-27-14-11-17)33-19-6-8-20(9-7-19)34(31,32)16-18-4-2-3-5-21(18)23(29)28-15-12-25/h6-11,13-14,18,21-22H,2-5,15-16H2,1H3,(H,26,30)(H,28,29)/t18-,21+,22?/m0/s1. The maximum atomic E-state index is 13.1. The van der Waals surface area contributed by atoms with E-state index < -0.39 is 21.0 Å². The lowest BCUT2D eigenvalue weighted by Gasteiger charge is -2.30. The zero-order chi connectivity index (χ0) is 24.6. The summed E-state index contributed by atoms with van der Waals surface area (Å²) in [6.45, 7) is -0.0789. The zero-order valence-electron chi connectivity index (χ0n) is 18.9. The molecule has 1 aliphatic carbocycles. The van der Waals surface area contributed by atoms with Crippen LogP contribution in [0.5, 0.6) is 0 Å². The number of rotatable bonds is 9. The molecule has 2 aromatic rings. The normalized spacial score (nSPS) is 18.9. The third-order valence-corrected chi connectivity index (χ3v) is 9.07. The van der Waals surface area contributed by atoms with Crippen molar-refractivity contribution in [2.24, 2.45) is 11.8 Å². The fraction of sp³-hybridized carbons (Fsp3) is 0.417. The van der Waals surface area contributed by atoms with Crippen LogP contribution >= 0.6 is 11.8 Å². The van der Waals surface area contributed by atoms with Crippen LogP contribution in [0.2, 0.25) is 0 Å². The Hall–Kier alpha value is -2.90. The largest absolute Gasteiger partial charge is 0.358 e. The molecular weight excluding hydrogens is 472 g/mol. The molecule has 0 spiro atoms. The maximum absolute atomic E-state index is 13.1. The molecule has 180 valence electrons. The average Bonchev–Trinajstić information content (AvgIpc) is 2.86. The van der Waals surface area contributed by atoms with Gasteiger partial charge < -0.3 is 10.6 Å². The Labute approximate surface area is 204 Å². The molecule has 2 amide bonds. The highest BCUT2D eigenvalue weighted by Crippen LogP contribution is 2.36. The van der Waals surface area contributed by atoms with Crippen LogP contribution in [0, 0.1) is 23.2 Å². The lowest BCUT2D eigenvalue weighted by atomic mass is 9.80. The van der Waals surface area contributed by atoms with E-state index in [0.29, 0.717) is 12.8 Å². The lowest BCUT2D eigenvalue weighted by molar-refractivity contribution is -0.127. The number of benzene rings is 1. The van der Waals surface area contributed by atoms with E-state index in [2.05, 4.69) is 15.6 Å². The van der Waals surface area contributed by atoms with E-state index in [9.17, 15) is 18.0 Å². The van der Waals surface area contributed by atoms with Gasteiger partial charge in [0.1, 0.15) is 11.8 Å². The predicted octanol–water partition coefficient (Wildman–Crippen LogP) is 2.88. The molecule has 3 atom stereocenters. The van der Waals surface area contributed by atoms with Gasteiger partial charge in [0, 0.05) is 30.3 Å². The van der Waals surface area contributed by atoms with Crippen LogP contribution in [0.25, 0.3) is 0 Å². The van der Waals surface area contributed by atoms with Gasteiger partial charge in [-0.1, -0.05) is 12.8 Å². The summed E-state index contributed by atoms with van der Waals surface area (Å²) in [7, 11) is -2.03. The van der Waals surface area contributed by atoms with Crippen molar-refractivity contribution in [3.05, 3.63) is 54.4 Å². The first-order chi connectivity index (χ1) is 16.4. The fourth-order valence-electron chi connectivity index (χ4n) is 4.19. The van der Waals surface area contributed by atoms with Crippen molar-refractivity contribution in [3.8, 4) is 6.07 Å². The highest BCUT2D eigenvalue weighted by Gasteiger charge is 2.34. The molecule has 10 heteroatoms. The molecule has 0 saturated heterocycles. The minimum Gasteiger partial charge on any atom is -0.358 e. The molecule has 1 heterocycles. The van der Waals surface area contributed by atoms with Crippen molar-refractivity contribution < 1.29 is 18.0 Å². The number of carbonyl (C=O) groups is 2. The SMILES string of the molecule is CNC(=O)C(Sc1ccc(S(=O)(=O)C[C@@H]2CCCC[C@H]2C(=O)NCC#N)cc1)c1ccncc1. The summed E-state index contributed by atoms with van der Waals surface area (Å²) in [6, 6.07) is 12.0. The maximum Gasteiger partial charge on any atom is 0.237 e. The van der Waals surface area contributed by atoms with Gasteiger partial charge in [-0.05, 0) is 60.7 Å². The van der Waals surface area contributed by atoms with Crippen molar-refractivity contribution in [2.75, 3.05) is 19.3 Å². The molecule has 1 aromatic heterocycles. The van der Waals surface area contributed by atoms with E-state index in [4.69, 9.17) is 5.26 Å². The Bertz CT molecular complexity index is 1130. The number of sulfone groups is 1. The summed E-state index contributed by atoms with van der Waals surface area (Å²) in [5, 5.41) is 13.5. The summed E-state index contributed by atoms with van der Waals surface area (Å²) in [5.41, 5.74) is 0.800. The second-order valence-electron chi connectivity index (χ2n) is 8.17. The van der Waals surface area contributed by atoms with Crippen LogP contribution in [0.15, 0.2) is 58.6 Å². The number of aromatic nitrogens is 1. The minimum atomic E-state index is -3.61. The van der Waals surface area contributed by atoms with E-state index in [1.165, 1.54) is 11.8 Å². The van der Waals surface area contributed by atoms with Crippen LogP contribution in [0.4, 0.5) is 0 Å². The van der Waals surface area contributed by atoms with Gasteiger partial charge in [0.05, 0.1) is 16.7 Å². The molecule has 3 rings (SSSR count). The molecule has 1 fully saturated rings. The number of likely N-dealkylation sites (N-methyl/N-ethyl adjacent to an activating group) is 1. The zero-order valence-corrected chi connectivity index (χ0v) is 20.6. The van der Waals surface area contributed by atoms with Crippen LogP contribution in [0.3, 0.4) is 0 Å². The van der Waals surface area contributed by atoms with Gasteiger partial charge in [0.25, 0.3) is 0 Å². The van der Waals surface area contributed by atoms with Gasteiger partial charge >= 0.3 is 0 Å². The topological polar surface area (TPSA) is 129 Å². The van der Waals surface area contributed by atoms with Crippen molar-refractivity contribution in [1.29, 1.82) is 5.26 Å². The average molecular weight is 501 g/mol. The molecular formula is C24H28N4O4S2. The number of nitriles is 1. The number of carbonyl (C=O) groups excluding carboxylic acids is 2. The highest BCUT2D eigenvalue weighted by atomic mass is 32.2. The monoisotopic (exact) mass is 500 g/mol. The van der Waals surface area contributed by atoms with E-state index in [-0.39, 0.29) is 34.9 Å². The van der Waals surface area contributed by atoms with Gasteiger partial charge in [-0.3, -0.25) is 14.6 Å². The molecule has 0 aliphatic heterocycles. The Balaban J connectivity index is 1.73. The number of nitrogens with zero attached hydrogens (tertiary/aromatic N) is 2. The molecule has 1 saturated carbocycles. The molecule has 1 unspecified atom stereocenters. The smallest absolute Gasteiger partial charge is 0.237 e. The van der Waals surface area contributed by atoms with Gasteiger partial charge in [-0.2, -0.15) is 5.26 Å². The Morgan fingerprint density at radius 3 is 2.47 bits per heavy atom. The number of hydrogen-bond donors (Lipinski definition) is 2.